The van der Waals surface area contributed by atoms with Crippen molar-refractivity contribution in [2.45, 2.75) is 44.7 Å². The molecule has 0 aromatic rings. The minimum absolute atomic E-state index is 0.461. The highest BCUT2D eigenvalue weighted by Crippen LogP contribution is 2.20. The van der Waals surface area contributed by atoms with Gasteiger partial charge in [0, 0.05) is 12.1 Å². The molecule has 2 atom stereocenters. The summed E-state index contributed by atoms with van der Waals surface area (Å²) >= 11 is 0. The number of hydrogen-bond acceptors (Lipinski definition) is 2. The third-order valence-electron chi connectivity index (χ3n) is 2.81. The Bertz CT molecular complexity index is 114. The van der Waals surface area contributed by atoms with E-state index in [4.69, 9.17) is 5.73 Å². The number of rotatable bonds is 2. The average Bonchev–Trinajstić information content (AvgIpc) is 2.03. The summed E-state index contributed by atoms with van der Waals surface area (Å²) in [5.41, 5.74) is 5.89. The van der Waals surface area contributed by atoms with Crippen molar-refractivity contribution >= 4 is 0 Å². The van der Waals surface area contributed by atoms with Crippen molar-refractivity contribution in [3.05, 3.63) is 0 Å². The van der Waals surface area contributed by atoms with E-state index in [0.29, 0.717) is 6.04 Å². The Morgan fingerprint density at radius 2 is 2.18 bits per heavy atom. The van der Waals surface area contributed by atoms with Gasteiger partial charge < -0.3 is 10.6 Å². The van der Waals surface area contributed by atoms with Gasteiger partial charge in [-0.25, -0.2) is 0 Å². The summed E-state index contributed by atoms with van der Waals surface area (Å²) in [6.07, 6.45) is 5.09. The topological polar surface area (TPSA) is 29.3 Å². The SMILES string of the molecule is CCN(C)C1CCCC(N)C1. The second-order valence-electron chi connectivity index (χ2n) is 3.65. The maximum Gasteiger partial charge on any atom is 0.0107 e. The lowest BCUT2D eigenvalue weighted by Gasteiger charge is -2.33. The molecule has 1 aliphatic rings. The second-order valence-corrected chi connectivity index (χ2v) is 3.65. The van der Waals surface area contributed by atoms with Crippen LogP contribution in [0.4, 0.5) is 0 Å². The Morgan fingerprint density at radius 1 is 1.45 bits per heavy atom. The fourth-order valence-corrected chi connectivity index (χ4v) is 1.86. The first-order chi connectivity index (χ1) is 5.24. The molecule has 0 heterocycles. The molecular weight excluding hydrogens is 136 g/mol. The van der Waals surface area contributed by atoms with Gasteiger partial charge >= 0.3 is 0 Å². The first-order valence-electron chi connectivity index (χ1n) is 4.70. The zero-order valence-corrected chi connectivity index (χ0v) is 7.71. The fraction of sp³-hybridized carbons (Fsp3) is 1.00. The quantitative estimate of drug-likeness (QED) is 0.651. The highest BCUT2D eigenvalue weighted by atomic mass is 15.1. The average molecular weight is 156 g/mol. The zero-order chi connectivity index (χ0) is 8.27. The Morgan fingerprint density at radius 3 is 2.73 bits per heavy atom. The summed E-state index contributed by atoms with van der Waals surface area (Å²) in [6, 6.07) is 1.21. The number of hydrogen-bond donors (Lipinski definition) is 1. The minimum Gasteiger partial charge on any atom is -0.328 e. The Hall–Kier alpha value is -0.0800. The molecule has 0 aliphatic heterocycles. The standard InChI is InChI=1S/C9H20N2/c1-3-11(2)9-6-4-5-8(10)7-9/h8-9H,3-7,10H2,1-2H3. The van der Waals surface area contributed by atoms with Crippen molar-refractivity contribution in [2.75, 3.05) is 13.6 Å². The van der Waals surface area contributed by atoms with E-state index in [1.807, 2.05) is 0 Å². The van der Waals surface area contributed by atoms with Gasteiger partial charge in [0.2, 0.25) is 0 Å². The van der Waals surface area contributed by atoms with Crippen LogP contribution in [0.2, 0.25) is 0 Å². The van der Waals surface area contributed by atoms with Crippen molar-refractivity contribution in [1.29, 1.82) is 0 Å². The van der Waals surface area contributed by atoms with Crippen LogP contribution in [0.1, 0.15) is 32.6 Å². The molecule has 1 saturated carbocycles. The lowest BCUT2D eigenvalue weighted by atomic mass is 9.91. The van der Waals surface area contributed by atoms with E-state index in [1.54, 1.807) is 0 Å². The van der Waals surface area contributed by atoms with E-state index in [9.17, 15) is 0 Å². The maximum atomic E-state index is 5.89. The lowest BCUT2D eigenvalue weighted by molar-refractivity contribution is 0.188. The van der Waals surface area contributed by atoms with Crippen LogP contribution in [0, 0.1) is 0 Å². The lowest BCUT2D eigenvalue weighted by Crippen LogP contribution is -2.40. The monoisotopic (exact) mass is 156 g/mol. The molecule has 0 amide bonds. The van der Waals surface area contributed by atoms with Gasteiger partial charge in [-0.2, -0.15) is 0 Å². The summed E-state index contributed by atoms with van der Waals surface area (Å²) in [7, 11) is 2.20. The third-order valence-corrected chi connectivity index (χ3v) is 2.81. The molecule has 0 saturated heterocycles. The highest BCUT2D eigenvalue weighted by Gasteiger charge is 2.21. The minimum atomic E-state index is 0.461. The van der Waals surface area contributed by atoms with Crippen molar-refractivity contribution < 1.29 is 0 Å². The molecule has 11 heavy (non-hydrogen) atoms. The predicted octanol–water partition coefficient (Wildman–Crippen LogP) is 1.21. The Balaban J connectivity index is 2.33. The van der Waals surface area contributed by atoms with Crippen LogP contribution in [-0.2, 0) is 0 Å². The van der Waals surface area contributed by atoms with Crippen molar-refractivity contribution in [1.82, 2.24) is 4.90 Å². The summed E-state index contributed by atoms with van der Waals surface area (Å²) in [4.78, 5) is 2.42. The van der Waals surface area contributed by atoms with Gasteiger partial charge in [-0.15, -0.1) is 0 Å². The van der Waals surface area contributed by atoms with E-state index in [1.165, 1.54) is 25.7 Å². The summed E-state index contributed by atoms with van der Waals surface area (Å²) in [6.45, 7) is 3.36. The summed E-state index contributed by atoms with van der Waals surface area (Å²) < 4.78 is 0. The fourth-order valence-electron chi connectivity index (χ4n) is 1.86. The van der Waals surface area contributed by atoms with Gasteiger partial charge in [0.15, 0.2) is 0 Å². The molecule has 2 unspecified atom stereocenters. The molecule has 1 rings (SSSR count). The molecule has 2 nitrogen and oxygen atoms in total. The van der Waals surface area contributed by atoms with Crippen molar-refractivity contribution in [3.8, 4) is 0 Å². The first-order valence-corrected chi connectivity index (χ1v) is 4.70. The van der Waals surface area contributed by atoms with Gasteiger partial charge in [-0.3, -0.25) is 0 Å². The van der Waals surface area contributed by atoms with Crippen LogP contribution >= 0.6 is 0 Å². The molecule has 0 spiro atoms. The smallest absolute Gasteiger partial charge is 0.0107 e. The second kappa shape index (κ2) is 4.07. The van der Waals surface area contributed by atoms with Crippen LogP contribution in [0.5, 0.6) is 0 Å². The van der Waals surface area contributed by atoms with E-state index in [-0.39, 0.29) is 0 Å². The highest BCUT2D eigenvalue weighted by molar-refractivity contribution is 4.80. The van der Waals surface area contributed by atoms with Crippen molar-refractivity contribution in [3.63, 3.8) is 0 Å². The van der Waals surface area contributed by atoms with Crippen LogP contribution in [0.3, 0.4) is 0 Å². The van der Waals surface area contributed by atoms with Crippen LogP contribution < -0.4 is 5.73 Å². The molecule has 1 fully saturated rings. The number of nitrogens with zero attached hydrogens (tertiary/aromatic N) is 1. The molecule has 0 aromatic heterocycles. The van der Waals surface area contributed by atoms with Crippen molar-refractivity contribution in [2.24, 2.45) is 5.73 Å². The first kappa shape index (κ1) is 9.01. The summed E-state index contributed by atoms with van der Waals surface area (Å²) in [5, 5.41) is 0. The van der Waals surface area contributed by atoms with Crippen LogP contribution in [0.15, 0.2) is 0 Å². The third kappa shape index (κ3) is 2.46. The maximum absolute atomic E-state index is 5.89. The number of nitrogens with two attached hydrogens (primary N) is 1. The van der Waals surface area contributed by atoms with Crippen LogP contribution in [0.25, 0.3) is 0 Å². The molecule has 2 heteroatoms. The molecule has 0 aromatic carbocycles. The van der Waals surface area contributed by atoms with Gasteiger partial charge in [-0.05, 0) is 32.9 Å². The zero-order valence-electron chi connectivity index (χ0n) is 7.71. The molecule has 1 aliphatic carbocycles. The van der Waals surface area contributed by atoms with E-state index < -0.39 is 0 Å². The molecule has 0 bridgehead atoms. The van der Waals surface area contributed by atoms with Gasteiger partial charge in [0.25, 0.3) is 0 Å². The molecule has 2 N–H and O–H groups in total. The van der Waals surface area contributed by atoms with Gasteiger partial charge in [-0.1, -0.05) is 13.3 Å². The summed E-state index contributed by atoms with van der Waals surface area (Å²) in [5.74, 6) is 0. The van der Waals surface area contributed by atoms with E-state index >= 15 is 0 Å². The van der Waals surface area contributed by atoms with Gasteiger partial charge in [0.1, 0.15) is 0 Å². The largest absolute Gasteiger partial charge is 0.328 e. The Labute approximate surface area is 69.8 Å². The normalized spacial score (nSPS) is 32.7. The predicted molar refractivity (Wildman–Crippen MR) is 48.5 cm³/mol. The van der Waals surface area contributed by atoms with Crippen LogP contribution in [-0.4, -0.2) is 30.6 Å². The molecule has 66 valence electrons. The molecule has 0 radical (unpaired) electrons. The van der Waals surface area contributed by atoms with E-state index in [0.717, 1.165) is 12.6 Å². The molecular formula is C9H20N2. The van der Waals surface area contributed by atoms with E-state index in [2.05, 4.69) is 18.9 Å². The Kier molecular flexibility index (Phi) is 3.34. The van der Waals surface area contributed by atoms with Gasteiger partial charge in [0.05, 0.1) is 0 Å².